The fourth-order valence-electron chi connectivity index (χ4n) is 2.96. The van der Waals surface area contributed by atoms with Gasteiger partial charge in [0.15, 0.2) is 0 Å². The van der Waals surface area contributed by atoms with Crippen LogP contribution in [0.1, 0.15) is 28.3 Å². The van der Waals surface area contributed by atoms with Gasteiger partial charge in [0.2, 0.25) is 5.91 Å². The van der Waals surface area contributed by atoms with Crippen molar-refractivity contribution >= 4 is 21.8 Å². The topological polar surface area (TPSA) is 64.7 Å². The number of nitrogens with one attached hydrogen (secondary N) is 1. The number of carbonyl (C=O) groups excluding carboxylic acids is 1. The zero-order valence-corrected chi connectivity index (χ0v) is 17.0. The first-order chi connectivity index (χ1) is 12.4. The Morgan fingerprint density at radius 3 is 2.35 bits per heavy atom. The molecule has 0 aliphatic heterocycles. The van der Waals surface area contributed by atoms with Crippen LogP contribution in [0.3, 0.4) is 0 Å². The fourth-order valence-corrected chi connectivity index (χ4v) is 3.24. The first-order valence-electron chi connectivity index (χ1n) is 8.45. The van der Waals surface area contributed by atoms with Gasteiger partial charge in [-0.05, 0) is 55.8 Å². The lowest BCUT2D eigenvalue weighted by molar-refractivity contribution is -0.122. The molecule has 1 aromatic carbocycles. The van der Waals surface area contributed by atoms with Crippen molar-refractivity contribution in [3.8, 4) is 5.69 Å². The highest BCUT2D eigenvalue weighted by Gasteiger charge is 2.15. The number of halogens is 1. The summed E-state index contributed by atoms with van der Waals surface area (Å²) in [6.07, 6.45) is 0. The van der Waals surface area contributed by atoms with Gasteiger partial charge >= 0.3 is 0 Å². The number of para-hydroxylation sites is 1. The Labute approximate surface area is 161 Å². The molecule has 0 bridgehead atoms. The highest BCUT2D eigenvalue weighted by atomic mass is 79.9. The largest absolute Gasteiger partial charge is 0.350 e. The second-order valence-corrected chi connectivity index (χ2v) is 7.11. The molecule has 0 saturated carbocycles. The monoisotopic (exact) mass is 415 g/mol. The number of amides is 1. The van der Waals surface area contributed by atoms with Crippen molar-refractivity contribution in [1.82, 2.24) is 24.9 Å². The zero-order valence-electron chi connectivity index (χ0n) is 15.4. The van der Waals surface area contributed by atoms with Gasteiger partial charge in [0.1, 0.15) is 6.54 Å². The van der Waals surface area contributed by atoms with Gasteiger partial charge in [0, 0.05) is 17.8 Å². The van der Waals surface area contributed by atoms with E-state index in [0.717, 1.165) is 38.5 Å². The van der Waals surface area contributed by atoms with E-state index in [-0.39, 0.29) is 12.5 Å². The summed E-state index contributed by atoms with van der Waals surface area (Å²) in [6.45, 7) is 8.48. The average molecular weight is 416 g/mol. The summed E-state index contributed by atoms with van der Waals surface area (Å²) in [5, 5.41) is 12.0. The minimum atomic E-state index is -0.0747. The first kappa shape index (κ1) is 18.4. The molecule has 1 amide bonds. The smallest absolute Gasteiger partial charge is 0.242 e. The molecule has 0 atom stereocenters. The molecule has 0 saturated heterocycles. The molecule has 26 heavy (non-hydrogen) atoms. The molecule has 0 aliphatic carbocycles. The number of hydrogen-bond donors (Lipinski definition) is 1. The van der Waals surface area contributed by atoms with Gasteiger partial charge in [-0.1, -0.05) is 18.2 Å². The highest BCUT2D eigenvalue weighted by Crippen LogP contribution is 2.20. The van der Waals surface area contributed by atoms with Crippen molar-refractivity contribution in [2.75, 3.05) is 0 Å². The maximum Gasteiger partial charge on any atom is 0.242 e. The van der Waals surface area contributed by atoms with Crippen LogP contribution in [0.2, 0.25) is 0 Å². The van der Waals surface area contributed by atoms with Crippen LogP contribution in [-0.4, -0.2) is 25.5 Å². The number of rotatable bonds is 5. The molecule has 2 aromatic heterocycles. The highest BCUT2D eigenvalue weighted by molar-refractivity contribution is 9.10. The Morgan fingerprint density at radius 1 is 1.04 bits per heavy atom. The van der Waals surface area contributed by atoms with Crippen LogP contribution in [0.4, 0.5) is 0 Å². The Bertz CT molecular complexity index is 943. The normalized spacial score (nSPS) is 11.0. The summed E-state index contributed by atoms with van der Waals surface area (Å²) in [4.78, 5) is 12.3. The summed E-state index contributed by atoms with van der Waals surface area (Å²) in [6, 6.07) is 9.98. The second kappa shape index (κ2) is 7.45. The molecule has 0 fully saturated rings. The third-order valence-corrected chi connectivity index (χ3v) is 5.64. The van der Waals surface area contributed by atoms with E-state index in [0.29, 0.717) is 6.54 Å². The lowest BCUT2D eigenvalue weighted by Gasteiger charge is -2.08. The van der Waals surface area contributed by atoms with E-state index >= 15 is 0 Å². The zero-order chi connectivity index (χ0) is 18.8. The number of benzene rings is 1. The summed E-state index contributed by atoms with van der Waals surface area (Å²) < 4.78 is 4.57. The maximum atomic E-state index is 12.3. The van der Waals surface area contributed by atoms with Crippen LogP contribution in [0.5, 0.6) is 0 Å². The predicted molar refractivity (Wildman–Crippen MR) is 104 cm³/mol. The van der Waals surface area contributed by atoms with Gasteiger partial charge in [-0.25, -0.2) is 4.68 Å². The number of aryl methyl sites for hydroxylation is 2. The summed E-state index contributed by atoms with van der Waals surface area (Å²) in [5.74, 6) is -0.0747. The van der Waals surface area contributed by atoms with E-state index < -0.39 is 0 Å². The molecule has 0 unspecified atom stereocenters. The molecule has 2 heterocycles. The van der Waals surface area contributed by atoms with Gasteiger partial charge in [-0.3, -0.25) is 9.48 Å². The predicted octanol–water partition coefficient (Wildman–Crippen LogP) is 3.38. The van der Waals surface area contributed by atoms with Crippen LogP contribution in [0.15, 0.2) is 34.8 Å². The Morgan fingerprint density at radius 2 is 1.73 bits per heavy atom. The molecule has 6 nitrogen and oxygen atoms in total. The van der Waals surface area contributed by atoms with Crippen molar-refractivity contribution in [1.29, 1.82) is 0 Å². The van der Waals surface area contributed by atoms with Crippen molar-refractivity contribution in [2.24, 2.45) is 0 Å². The quantitative estimate of drug-likeness (QED) is 0.694. The van der Waals surface area contributed by atoms with Crippen LogP contribution in [0.25, 0.3) is 5.69 Å². The minimum Gasteiger partial charge on any atom is -0.350 e. The molecule has 3 rings (SSSR count). The SMILES string of the molecule is Cc1nn(CC(=O)NCc2c(C)nn(-c3ccccc3)c2C)c(C)c1Br. The molecule has 7 heteroatoms. The number of aromatic nitrogens is 4. The van der Waals surface area contributed by atoms with Crippen molar-refractivity contribution in [3.05, 3.63) is 63.1 Å². The van der Waals surface area contributed by atoms with Gasteiger partial charge in [-0.15, -0.1) is 0 Å². The Kier molecular flexibility index (Phi) is 5.27. The van der Waals surface area contributed by atoms with E-state index in [9.17, 15) is 4.79 Å². The van der Waals surface area contributed by atoms with Gasteiger partial charge in [0.05, 0.1) is 27.2 Å². The van der Waals surface area contributed by atoms with Gasteiger partial charge < -0.3 is 5.32 Å². The van der Waals surface area contributed by atoms with E-state index in [1.807, 2.05) is 62.7 Å². The Balaban J connectivity index is 1.71. The van der Waals surface area contributed by atoms with E-state index in [1.165, 1.54) is 0 Å². The summed E-state index contributed by atoms with van der Waals surface area (Å²) >= 11 is 3.48. The maximum absolute atomic E-state index is 12.3. The summed E-state index contributed by atoms with van der Waals surface area (Å²) in [7, 11) is 0. The van der Waals surface area contributed by atoms with Crippen molar-refractivity contribution < 1.29 is 4.79 Å². The Hall–Kier alpha value is -2.41. The van der Waals surface area contributed by atoms with E-state index in [2.05, 4.69) is 31.4 Å². The molecule has 0 radical (unpaired) electrons. The fraction of sp³-hybridized carbons (Fsp3) is 0.316. The molecule has 3 aromatic rings. The number of nitrogens with zero attached hydrogens (tertiary/aromatic N) is 4. The standard InChI is InChI=1S/C19H22BrN5O/c1-12-17(14(3)25(23-12)16-8-6-5-7-9-16)10-21-18(26)11-24-15(4)19(20)13(2)22-24/h5-9H,10-11H2,1-4H3,(H,21,26). The van der Waals surface area contributed by atoms with Crippen molar-refractivity contribution in [2.45, 2.75) is 40.8 Å². The third kappa shape index (κ3) is 3.58. The lowest BCUT2D eigenvalue weighted by atomic mass is 10.2. The molecular formula is C19H22BrN5O. The average Bonchev–Trinajstić information content (AvgIpc) is 3.04. The van der Waals surface area contributed by atoms with Crippen molar-refractivity contribution in [3.63, 3.8) is 0 Å². The van der Waals surface area contributed by atoms with Crippen LogP contribution >= 0.6 is 15.9 Å². The lowest BCUT2D eigenvalue weighted by Crippen LogP contribution is -2.28. The van der Waals surface area contributed by atoms with E-state index in [1.54, 1.807) is 4.68 Å². The van der Waals surface area contributed by atoms with Crippen LogP contribution in [0, 0.1) is 27.7 Å². The molecular weight excluding hydrogens is 394 g/mol. The minimum absolute atomic E-state index is 0.0747. The molecule has 1 N–H and O–H groups in total. The number of hydrogen-bond acceptors (Lipinski definition) is 3. The third-order valence-electron chi connectivity index (χ3n) is 4.49. The second-order valence-electron chi connectivity index (χ2n) is 6.32. The molecule has 0 aliphatic rings. The first-order valence-corrected chi connectivity index (χ1v) is 9.24. The summed E-state index contributed by atoms with van der Waals surface area (Å²) in [5.41, 5.74) is 5.83. The van der Waals surface area contributed by atoms with Crippen LogP contribution < -0.4 is 5.32 Å². The van der Waals surface area contributed by atoms with Gasteiger partial charge in [-0.2, -0.15) is 10.2 Å². The van der Waals surface area contributed by atoms with Gasteiger partial charge in [0.25, 0.3) is 0 Å². The molecule has 136 valence electrons. The van der Waals surface area contributed by atoms with E-state index in [4.69, 9.17) is 0 Å². The molecule has 0 spiro atoms. The number of carbonyl (C=O) groups is 1. The van der Waals surface area contributed by atoms with Crippen LogP contribution in [-0.2, 0) is 17.9 Å².